The van der Waals surface area contributed by atoms with Crippen molar-refractivity contribution in [3.05, 3.63) is 82.4 Å². The van der Waals surface area contributed by atoms with Gasteiger partial charge in [0.15, 0.2) is 0 Å². The minimum absolute atomic E-state index is 0.125. The SMILES string of the molecule is C[C@H]1CCC=C2C[C@H]3OC(=O)[C@H](CN4CCN([C@H](c5ccccc5)c5ccc(Cl)cc5)CC4)[C@H]3[C@H](O)[C@@]21C. The summed E-state index contributed by atoms with van der Waals surface area (Å²) >= 11 is 6.19. The van der Waals surface area contributed by atoms with Crippen LogP contribution < -0.4 is 0 Å². The molecule has 0 aromatic heterocycles. The summed E-state index contributed by atoms with van der Waals surface area (Å²) in [6, 6.07) is 19.0. The maximum Gasteiger partial charge on any atom is 0.311 e. The molecule has 4 aliphatic rings. The van der Waals surface area contributed by atoms with Crippen molar-refractivity contribution in [1.82, 2.24) is 9.80 Å². The van der Waals surface area contributed by atoms with E-state index in [4.69, 9.17) is 16.3 Å². The maximum absolute atomic E-state index is 13.1. The topological polar surface area (TPSA) is 53.0 Å². The quantitative estimate of drug-likeness (QED) is 0.415. The number of carbonyl (C=O) groups excluding carboxylic acids is 1. The lowest BCUT2D eigenvalue weighted by Crippen LogP contribution is -2.55. The number of allylic oxidation sites excluding steroid dienone is 1. The average Bonchev–Trinajstić information content (AvgIpc) is 3.23. The predicted octanol–water partition coefficient (Wildman–Crippen LogP) is 5.33. The van der Waals surface area contributed by atoms with Crippen LogP contribution in [0, 0.1) is 23.2 Å². The number of halogens is 1. The van der Waals surface area contributed by atoms with Crippen molar-refractivity contribution in [2.45, 2.75) is 51.4 Å². The van der Waals surface area contributed by atoms with E-state index in [1.54, 1.807) is 0 Å². The summed E-state index contributed by atoms with van der Waals surface area (Å²) in [7, 11) is 0. The molecule has 6 heteroatoms. The Balaban J connectivity index is 1.16. The summed E-state index contributed by atoms with van der Waals surface area (Å²) in [4.78, 5) is 18.1. The molecule has 1 saturated carbocycles. The Kier molecular flexibility index (Phi) is 7.15. The van der Waals surface area contributed by atoms with E-state index < -0.39 is 6.10 Å². The summed E-state index contributed by atoms with van der Waals surface area (Å²) in [6.07, 6.45) is 4.47. The second kappa shape index (κ2) is 10.4. The number of aliphatic hydroxyl groups excluding tert-OH is 1. The van der Waals surface area contributed by atoms with E-state index in [0.29, 0.717) is 12.5 Å². The van der Waals surface area contributed by atoms with E-state index in [1.165, 1.54) is 16.7 Å². The Labute approximate surface area is 231 Å². The summed E-state index contributed by atoms with van der Waals surface area (Å²) in [6.45, 7) is 8.70. The summed E-state index contributed by atoms with van der Waals surface area (Å²) in [5.41, 5.74) is 3.54. The van der Waals surface area contributed by atoms with E-state index >= 15 is 0 Å². The predicted molar refractivity (Wildman–Crippen MR) is 150 cm³/mol. The van der Waals surface area contributed by atoms with E-state index in [2.05, 4.69) is 72.2 Å². The molecule has 0 unspecified atom stereocenters. The first kappa shape index (κ1) is 26.1. The molecule has 5 nitrogen and oxygen atoms in total. The van der Waals surface area contributed by atoms with Crippen molar-refractivity contribution in [3.63, 3.8) is 0 Å². The van der Waals surface area contributed by atoms with Gasteiger partial charge in [-0.15, -0.1) is 0 Å². The molecule has 202 valence electrons. The molecule has 38 heavy (non-hydrogen) atoms. The number of carbonyl (C=O) groups is 1. The third kappa shape index (κ3) is 4.52. The van der Waals surface area contributed by atoms with Crippen molar-refractivity contribution in [2.24, 2.45) is 23.2 Å². The van der Waals surface area contributed by atoms with Gasteiger partial charge in [0.1, 0.15) is 6.10 Å². The lowest BCUT2D eigenvalue weighted by atomic mass is 9.55. The van der Waals surface area contributed by atoms with Crippen molar-refractivity contribution in [1.29, 1.82) is 0 Å². The van der Waals surface area contributed by atoms with Gasteiger partial charge in [0.2, 0.25) is 0 Å². The highest BCUT2D eigenvalue weighted by Crippen LogP contribution is 2.56. The Morgan fingerprint density at radius 1 is 1.05 bits per heavy atom. The first-order valence-electron chi connectivity index (χ1n) is 14.2. The van der Waals surface area contributed by atoms with Gasteiger partial charge >= 0.3 is 5.97 Å². The van der Waals surface area contributed by atoms with Crippen molar-refractivity contribution >= 4 is 17.6 Å². The number of nitrogens with zero attached hydrogens (tertiary/aromatic N) is 2. The van der Waals surface area contributed by atoms with E-state index in [1.807, 2.05) is 12.1 Å². The van der Waals surface area contributed by atoms with Gasteiger partial charge in [-0.3, -0.25) is 14.6 Å². The van der Waals surface area contributed by atoms with Crippen LogP contribution >= 0.6 is 11.6 Å². The summed E-state index contributed by atoms with van der Waals surface area (Å²) in [5.74, 6) is -0.119. The number of esters is 1. The Bertz CT molecular complexity index is 1180. The molecule has 2 aromatic rings. The summed E-state index contributed by atoms with van der Waals surface area (Å²) < 4.78 is 5.92. The number of piperazine rings is 1. The van der Waals surface area contributed by atoms with Crippen molar-refractivity contribution in [3.8, 4) is 0 Å². The number of fused-ring (bicyclic) bond motifs is 2. The second-order valence-corrected chi connectivity index (χ2v) is 12.4. The fourth-order valence-corrected chi connectivity index (χ4v) is 7.78. The maximum atomic E-state index is 13.1. The number of benzene rings is 2. The minimum Gasteiger partial charge on any atom is -0.461 e. The van der Waals surface area contributed by atoms with Gasteiger partial charge in [-0.25, -0.2) is 0 Å². The zero-order valence-corrected chi connectivity index (χ0v) is 23.2. The molecule has 6 rings (SSSR count). The number of hydrogen-bond acceptors (Lipinski definition) is 5. The third-order valence-corrected chi connectivity index (χ3v) is 10.4. The first-order chi connectivity index (χ1) is 18.4. The highest BCUT2D eigenvalue weighted by molar-refractivity contribution is 6.30. The molecule has 2 saturated heterocycles. The van der Waals surface area contributed by atoms with Crippen LogP contribution in [0.1, 0.15) is 50.3 Å². The highest BCUT2D eigenvalue weighted by atomic mass is 35.5. The standard InChI is InChI=1S/C32H39ClN2O3/c1-21-7-6-10-24-19-27-28(30(36)32(21,24)2)26(31(37)38-27)20-34-15-17-35(18-16-34)29(22-8-4-3-5-9-22)23-11-13-25(33)14-12-23/h3-5,8-14,21,26-30,36H,6-7,15-20H2,1-2H3/t21-,26+,27+,28+,29+,30-,32+/m0/s1. The van der Waals surface area contributed by atoms with Crippen LogP contribution in [0.15, 0.2) is 66.2 Å². The highest BCUT2D eigenvalue weighted by Gasteiger charge is 2.59. The molecule has 0 radical (unpaired) electrons. The molecule has 2 aliphatic carbocycles. The number of ether oxygens (including phenoxy) is 1. The lowest BCUT2D eigenvalue weighted by molar-refractivity contribution is -0.145. The molecular weight excluding hydrogens is 496 g/mol. The number of hydrogen-bond donors (Lipinski definition) is 1. The van der Waals surface area contributed by atoms with Crippen LogP contribution in [0.25, 0.3) is 0 Å². The molecule has 1 N–H and O–H groups in total. The van der Waals surface area contributed by atoms with Gasteiger partial charge in [0.05, 0.1) is 18.1 Å². The zero-order chi connectivity index (χ0) is 26.4. The largest absolute Gasteiger partial charge is 0.461 e. The second-order valence-electron chi connectivity index (χ2n) is 12.0. The van der Waals surface area contributed by atoms with Crippen LogP contribution in [-0.4, -0.2) is 65.8 Å². The van der Waals surface area contributed by atoms with E-state index in [9.17, 15) is 9.90 Å². The molecular formula is C32H39ClN2O3. The fourth-order valence-electron chi connectivity index (χ4n) is 7.65. The molecule has 2 aliphatic heterocycles. The van der Waals surface area contributed by atoms with Crippen molar-refractivity contribution < 1.29 is 14.6 Å². The Morgan fingerprint density at radius 2 is 1.74 bits per heavy atom. The molecule has 0 bridgehead atoms. The minimum atomic E-state index is -0.548. The fraction of sp³-hybridized carbons (Fsp3) is 0.531. The molecule has 2 aromatic carbocycles. The molecule has 7 atom stereocenters. The van der Waals surface area contributed by atoms with Crippen LogP contribution in [-0.2, 0) is 9.53 Å². The number of aliphatic hydroxyl groups is 1. The molecule has 0 amide bonds. The van der Waals surface area contributed by atoms with Crippen LogP contribution in [0.2, 0.25) is 5.02 Å². The van der Waals surface area contributed by atoms with Gasteiger partial charge in [0, 0.05) is 55.5 Å². The van der Waals surface area contributed by atoms with E-state index in [-0.39, 0.29) is 35.4 Å². The van der Waals surface area contributed by atoms with Gasteiger partial charge in [-0.1, -0.05) is 79.6 Å². The van der Waals surface area contributed by atoms with Crippen LogP contribution in [0.4, 0.5) is 0 Å². The van der Waals surface area contributed by atoms with Crippen LogP contribution in [0.3, 0.4) is 0 Å². The Morgan fingerprint density at radius 3 is 2.45 bits per heavy atom. The van der Waals surface area contributed by atoms with Gasteiger partial charge in [0.25, 0.3) is 0 Å². The van der Waals surface area contributed by atoms with Gasteiger partial charge < -0.3 is 9.84 Å². The Hall–Kier alpha value is -2.18. The monoisotopic (exact) mass is 534 g/mol. The first-order valence-corrected chi connectivity index (χ1v) is 14.6. The average molecular weight is 535 g/mol. The lowest BCUT2D eigenvalue weighted by Gasteiger charge is -2.52. The van der Waals surface area contributed by atoms with Gasteiger partial charge in [-0.05, 0) is 42.0 Å². The van der Waals surface area contributed by atoms with Crippen LogP contribution in [0.5, 0.6) is 0 Å². The normalized spacial score (nSPS) is 34.7. The smallest absolute Gasteiger partial charge is 0.311 e. The molecule has 0 spiro atoms. The molecule has 3 fully saturated rings. The van der Waals surface area contributed by atoms with Gasteiger partial charge in [-0.2, -0.15) is 0 Å². The number of rotatable bonds is 5. The third-order valence-electron chi connectivity index (χ3n) is 10.1. The van der Waals surface area contributed by atoms with E-state index in [0.717, 1.165) is 50.5 Å². The van der Waals surface area contributed by atoms with Crippen molar-refractivity contribution in [2.75, 3.05) is 32.7 Å². The summed E-state index contributed by atoms with van der Waals surface area (Å²) in [5, 5.41) is 12.4. The zero-order valence-electron chi connectivity index (χ0n) is 22.4. The molecule has 2 heterocycles.